The normalized spacial score (nSPS) is 13.4. The van der Waals surface area contributed by atoms with Gasteiger partial charge in [0.25, 0.3) is 6.01 Å². The minimum Gasteiger partial charge on any atom is -0.469 e. The lowest BCUT2D eigenvalue weighted by Gasteiger charge is -2.24. The molecule has 1 aliphatic heterocycles. The van der Waals surface area contributed by atoms with Gasteiger partial charge in [0.1, 0.15) is 11.6 Å². The number of rotatable bonds is 12. The van der Waals surface area contributed by atoms with Crippen molar-refractivity contribution in [2.45, 2.75) is 45.2 Å². The number of oxazole rings is 1. The van der Waals surface area contributed by atoms with E-state index in [4.69, 9.17) is 18.6 Å². The van der Waals surface area contributed by atoms with E-state index in [9.17, 15) is 14.4 Å². The summed E-state index contributed by atoms with van der Waals surface area (Å²) in [5.41, 5.74) is 3.39. The molecule has 5 rings (SSSR count). The highest BCUT2D eigenvalue weighted by molar-refractivity contribution is 5.89. The molecule has 0 spiro atoms. The van der Waals surface area contributed by atoms with Crippen LogP contribution in [0.5, 0.6) is 11.5 Å². The van der Waals surface area contributed by atoms with Gasteiger partial charge in [-0.25, -0.2) is 0 Å². The number of benzene rings is 3. The number of fused-ring (bicyclic) bond motifs is 2. The third kappa shape index (κ3) is 7.62. The molecule has 0 saturated heterocycles. The second kappa shape index (κ2) is 13.3. The number of amides is 2. The first-order valence-corrected chi connectivity index (χ1v) is 14.0. The Hall–Kier alpha value is -5.06. The number of carbonyl (C=O) groups is 3. The highest BCUT2D eigenvalue weighted by atomic mass is 16.7. The molecule has 0 radical (unpaired) electrons. The maximum atomic E-state index is 13.5. The SMILES string of the molecule is COC(=O)CC(NC(=O)C(CC(C)C)NC(=O)Cc1ccc2nc(Nc3ccccc3)oc2c1)c1ccc2c(c1)OCO2. The monoisotopic (exact) mass is 586 g/mol. The summed E-state index contributed by atoms with van der Waals surface area (Å²) in [6, 6.07) is 19.0. The highest BCUT2D eigenvalue weighted by Gasteiger charge is 2.28. The van der Waals surface area contributed by atoms with E-state index in [1.54, 1.807) is 36.4 Å². The lowest BCUT2D eigenvalue weighted by Crippen LogP contribution is -2.49. The molecule has 3 N–H and O–H groups in total. The lowest BCUT2D eigenvalue weighted by atomic mass is 9.99. The molecule has 43 heavy (non-hydrogen) atoms. The van der Waals surface area contributed by atoms with Crippen LogP contribution in [-0.2, 0) is 25.5 Å². The number of nitrogens with zero attached hydrogens (tertiary/aromatic N) is 1. The fourth-order valence-corrected chi connectivity index (χ4v) is 4.82. The quantitative estimate of drug-likeness (QED) is 0.200. The van der Waals surface area contributed by atoms with E-state index in [-0.39, 0.29) is 31.5 Å². The minimum absolute atomic E-state index is 0.0354. The molecule has 11 nitrogen and oxygen atoms in total. The Morgan fingerprint density at radius 2 is 1.74 bits per heavy atom. The number of esters is 1. The number of hydrogen-bond acceptors (Lipinski definition) is 9. The number of nitrogens with one attached hydrogen (secondary N) is 3. The molecule has 1 aliphatic rings. The third-order valence-electron chi connectivity index (χ3n) is 6.92. The number of anilines is 2. The second-order valence-corrected chi connectivity index (χ2v) is 10.7. The smallest absolute Gasteiger partial charge is 0.307 e. The van der Waals surface area contributed by atoms with Gasteiger partial charge in [-0.1, -0.05) is 44.2 Å². The standard InChI is InChI=1S/C32H34N4O7/c1-19(2)13-25(31(39)35-24(17-30(38)40-3)21-10-12-26-28(16-21)42-18-41-26)34-29(37)15-20-9-11-23-27(14-20)43-32(36-23)33-22-7-5-4-6-8-22/h4-12,14,16,19,24-25H,13,15,17-18H2,1-3H3,(H,33,36)(H,34,37)(H,35,39). The number of methoxy groups -OCH3 is 1. The van der Waals surface area contributed by atoms with Gasteiger partial charge in [-0.3, -0.25) is 14.4 Å². The Morgan fingerprint density at radius 1 is 0.953 bits per heavy atom. The number of carbonyl (C=O) groups excluding carboxylic acids is 3. The molecule has 2 heterocycles. The van der Waals surface area contributed by atoms with Gasteiger partial charge in [0.15, 0.2) is 17.1 Å². The summed E-state index contributed by atoms with van der Waals surface area (Å²) in [5.74, 6) is 0.00860. The zero-order valence-electron chi connectivity index (χ0n) is 24.2. The molecule has 0 fully saturated rings. The van der Waals surface area contributed by atoms with Crippen LogP contribution in [0.25, 0.3) is 11.1 Å². The van der Waals surface area contributed by atoms with Crippen LogP contribution in [0.15, 0.2) is 71.1 Å². The summed E-state index contributed by atoms with van der Waals surface area (Å²) in [7, 11) is 1.29. The van der Waals surface area contributed by atoms with Crippen molar-refractivity contribution in [2.24, 2.45) is 5.92 Å². The van der Waals surface area contributed by atoms with Crippen LogP contribution in [0, 0.1) is 5.92 Å². The third-order valence-corrected chi connectivity index (χ3v) is 6.92. The molecule has 2 unspecified atom stereocenters. The molecular formula is C32H34N4O7. The first kappa shape index (κ1) is 29.4. The zero-order chi connectivity index (χ0) is 30.3. The largest absolute Gasteiger partial charge is 0.469 e. The molecule has 0 bridgehead atoms. The Labute approximate surface area is 248 Å². The average Bonchev–Trinajstić information content (AvgIpc) is 3.62. The molecule has 0 saturated carbocycles. The second-order valence-electron chi connectivity index (χ2n) is 10.7. The summed E-state index contributed by atoms with van der Waals surface area (Å²) in [6.45, 7) is 4.04. The van der Waals surface area contributed by atoms with Crippen molar-refractivity contribution in [3.05, 3.63) is 77.9 Å². The van der Waals surface area contributed by atoms with Crippen molar-refractivity contribution in [3.63, 3.8) is 0 Å². The summed E-state index contributed by atoms with van der Waals surface area (Å²) >= 11 is 0. The molecule has 2 amide bonds. The van der Waals surface area contributed by atoms with E-state index in [0.717, 1.165) is 5.69 Å². The van der Waals surface area contributed by atoms with Crippen LogP contribution in [0.4, 0.5) is 11.7 Å². The van der Waals surface area contributed by atoms with Crippen LogP contribution < -0.4 is 25.4 Å². The first-order valence-electron chi connectivity index (χ1n) is 14.0. The summed E-state index contributed by atoms with van der Waals surface area (Å²) in [5, 5.41) is 8.93. The van der Waals surface area contributed by atoms with Crippen LogP contribution in [0.3, 0.4) is 0 Å². The van der Waals surface area contributed by atoms with Gasteiger partial charge in [0.05, 0.1) is 26.0 Å². The van der Waals surface area contributed by atoms with Crippen LogP contribution in [0.1, 0.15) is 43.9 Å². The van der Waals surface area contributed by atoms with E-state index in [1.165, 1.54) is 7.11 Å². The van der Waals surface area contributed by atoms with Crippen LogP contribution >= 0.6 is 0 Å². The molecule has 2 atom stereocenters. The van der Waals surface area contributed by atoms with Gasteiger partial charge in [-0.2, -0.15) is 4.98 Å². The Kier molecular flexibility index (Phi) is 9.09. The molecule has 3 aromatic carbocycles. The fraction of sp³-hybridized carbons (Fsp3) is 0.312. The zero-order valence-corrected chi connectivity index (χ0v) is 24.2. The maximum Gasteiger partial charge on any atom is 0.307 e. The van der Waals surface area contributed by atoms with E-state index in [1.807, 2.05) is 44.2 Å². The summed E-state index contributed by atoms with van der Waals surface area (Å²) < 4.78 is 21.6. The molecule has 0 aliphatic carbocycles. The Morgan fingerprint density at radius 3 is 2.51 bits per heavy atom. The number of ether oxygens (including phenoxy) is 3. The van der Waals surface area contributed by atoms with Crippen molar-refractivity contribution in [1.29, 1.82) is 0 Å². The average molecular weight is 587 g/mol. The van der Waals surface area contributed by atoms with Gasteiger partial charge in [0.2, 0.25) is 18.6 Å². The van der Waals surface area contributed by atoms with Crippen molar-refractivity contribution in [3.8, 4) is 11.5 Å². The van der Waals surface area contributed by atoms with E-state index < -0.39 is 24.0 Å². The molecule has 11 heteroatoms. The van der Waals surface area contributed by atoms with E-state index in [2.05, 4.69) is 20.9 Å². The minimum atomic E-state index is -0.822. The maximum absolute atomic E-state index is 13.5. The summed E-state index contributed by atoms with van der Waals surface area (Å²) in [4.78, 5) is 43.3. The molecular weight excluding hydrogens is 552 g/mol. The number of hydrogen-bond donors (Lipinski definition) is 3. The van der Waals surface area contributed by atoms with E-state index >= 15 is 0 Å². The van der Waals surface area contributed by atoms with E-state index in [0.29, 0.717) is 46.2 Å². The van der Waals surface area contributed by atoms with Crippen molar-refractivity contribution < 1.29 is 33.0 Å². The van der Waals surface area contributed by atoms with Crippen LogP contribution in [-0.4, -0.2) is 42.7 Å². The molecule has 224 valence electrons. The lowest BCUT2D eigenvalue weighted by molar-refractivity contribution is -0.141. The number of para-hydroxylation sites is 1. The van der Waals surface area contributed by atoms with Gasteiger partial charge in [0, 0.05) is 5.69 Å². The van der Waals surface area contributed by atoms with Gasteiger partial charge in [-0.05, 0) is 59.9 Å². The first-order chi connectivity index (χ1) is 20.8. The highest BCUT2D eigenvalue weighted by Crippen LogP contribution is 2.35. The van der Waals surface area contributed by atoms with Gasteiger partial charge < -0.3 is 34.6 Å². The topological polar surface area (TPSA) is 141 Å². The van der Waals surface area contributed by atoms with Crippen molar-refractivity contribution >= 4 is 40.6 Å². The Bertz CT molecular complexity index is 1600. The Balaban J connectivity index is 1.26. The van der Waals surface area contributed by atoms with Crippen molar-refractivity contribution in [1.82, 2.24) is 15.6 Å². The fourth-order valence-electron chi connectivity index (χ4n) is 4.82. The van der Waals surface area contributed by atoms with Crippen LogP contribution in [0.2, 0.25) is 0 Å². The predicted octanol–water partition coefficient (Wildman–Crippen LogP) is 4.79. The molecule has 4 aromatic rings. The molecule has 1 aromatic heterocycles. The summed E-state index contributed by atoms with van der Waals surface area (Å²) in [6.07, 6.45) is 0.343. The number of aromatic nitrogens is 1. The van der Waals surface area contributed by atoms with Crippen molar-refractivity contribution in [2.75, 3.05) is 19.2 Å². The van der Waals surface area contributed by atoms with Gasteiger partial charge >= 0.3 is 5.97 Å². The van der Waals surface area contributed by atoms with Gasteiger partial charge in [-0.15, -0.1) is 0 Å². The predicted molar refractivity (Wildman–Crippen MR) is 159 cm³/mol.